The molecule has 1 fully saturated rings. The highest BCUT2D eigenvalue weighted by Gasteiger charge is 2.36. The molecule has 1 saturated heterocycles. The van der Waals surface area contributed by atoms with Crippen LogP contribution in [0.25, 0.3) is 0 Å². The number of methoxy groups -OCH3 is 1. The zero-order valence-electron chi connectivity index (χ0n) is 27.4. The third-order valence-corrected chi connectivity index (χ3v) is 7.30. The maximum absolute atomic E-state index is 14.0. The third-order valence-electron chi connectivity index (χ3n) is 6.60. The average Bonchev–Trinajstić information content (AvgIpc) is 2.92. The number of nitrogens with two attached hydrogens (primary N) is 2. The van der Waals surface area contributed by atoms with Gasteiger partial charge in [0.1, 0.15) is 23.0 Å². The van der Waals surface area contributed by atoms with Crippen LogP contribution in [-0.4, -0.2) is 94.9 Å². The summed E-state index contributed by atoms with van der Waals surface area (Å²) in [6, 6.07) is -0.248. The van der Waals surface area contributed by atoms with Gasteiger partial charge in [0.15, 0.2) is 0 Å². The number of piperidine rings is 1. The van der Waals surface area contributed by atoms with Crippen LogP contribution in [0.5, 0.6) is 0 Å². The van der Waals surface area contributed by atoms with Crippen LogP contribution in [-0.2, 0) is 14.9 Å². The Bertz CT molecular complexity index is 1010. The topological polar surface area (TPSA) is 164 Å². The summed E-state index contributed by atoms with van der Waals surface area (Å²) >= 11 is 1.78. The predicted octanol–water partition coefficient (Wildman–Crippen LogP) is 3.05. The molecule has 0 aliphatic carbocycles. The minimum absolute atomic E-state index is 0.0417. The monoisotopic (exact) mass is 609 g/mol. The van der Waals surface area contributed by atoms with Crippen molar-refractivity contribution < 1.29 is 14.3 Å². The number of hydrogen-bond donors (Lipinski definition) is 4. The van der Waals surface area contributed by atoms with Crippen molar-refractivity contribution >= 4 is 35.7 Å². The Kier molecular flexibility index (Phi) is 15.6. The first-order valence-corrected chi connectivity index (χ1v) is 15.9. The minimum Gasteiger partial charge on any atom is -0.385 e. The first-order valence-electron chi connectivity index (χ1n) is 14.5. The average molecular weight is 610 g/mol. The molecule has 1 aromatic rings. The number of carbonyl (C=O) groups excluding carboxylic acids is 2. The van der Waals surface area contributed by atoms with Crippen LogP contribution in [0.3, 0.4) is 0 Å². The number of hydrazine groups is 1. The molecule has 42 heavy (non-hydrogen) atoms. The maximum Gasteiger partial charge on any atom is 0.259 e. The van der Waals surface area contributed by atoms with Gasteiger partial charge in [-0.2, -0.15) is 16.9 Å². The van der Waals surface area contributed by atoms with Crippen molar-refractivity contribution in [2.75, 3.05) is 50.6 Å². The van der Waals surface area contributed by atoms with Gasteiger partial charge < -0.3 is 25.6 Å². The summed E-state index contributed by atoms with van der Waals surface area (Å²) in [6.45, 7) is 18.4. The van der Waals surface area contributed by atoms with E-state index >= 15 is 0 Å². The normalized spacial score (nSPS) is 17.8. The molecule has 2 rings (SSSR count). The van der Waals surface area contributed by atoms with Crippen LogP contribution >= 0.6 is 11.8 Å². The highest BCUT2D eigenvalue weighted by molar-refractivity contribution is 7.98. The van der Waals surface area contributed by atoms with Crippen LogP contribution < -0.4 is 22.4 Å². The van der Waals surface area contributed by atoms with Gasteiger partial charge in [0.05, 0.1) is 11.6 Å². The minimum atomic E-state index is -0.260. The summed E-state index contributed by atoms with van der Waals surface area (Å²) < 4.78 is 4.94. The van der Waals surface area contributed by atoms with Crippen molar-refractivity contribution in [3.05, 3.63) is 17.6 Å². The third kappa shape index (κ3) is 12.7. The van der Waals surface area contributed by atoms with Gasteiger partial charge in [-0.05, 0) is 51.5 Å². The van der Waals surface area contributed by atoms with Gasteiger partial charge in [-0.1, -0.05) is 34.6 Å². The highest BCUT2D eigenvalue weighted by atomic mass is 32.2. The Morgan fingerprint density at radius 1 is 1.29 bits per heavy atom. The van der Waals surface area contributed by atoms with Gasteiger partial charge in [-0.15, -0.1) is 0 Å². The summed E-state index contributed by atoms with van der Waals surface area (Å²) in [7, 11) is 1.71. The molecule has 0 aromatic carbocycles. The van der Waals surface area contributed by atoms with Gasteiger partial charge in [-0.3, -0.25) is 9.59 Å². The van der Waals surface area contributed by atoms with Crippen molar-refractivity contribution in [3.63, 3.8) is 0 Å². The summed E-state index contributed by atoms with van der Waals surface area (Å²) in [6.07, 6.45) is 6.01. The largest absolute Gasteiger partial charge is 0.385 e. The molecule has 0 radical (unpaired) electrons. The molecular weight excluding hydrogens is 554 g/mol. The van der Waals surface area contributed by atoms with Gasteiger partial charge in [-0.25, -0.2) is 21.3 Å². The number of amides is 2. The highest BCUT2D eigenvalue weighted by Crippen LogP contribution is 2.27. The van der Waals surface area contributed by atoms with E-state index in [2.05, 4.69) is 41.0 Å². The van der Waals surface area contributed by atoms with Gasteiger partial charge >= 0.3 is 0 Å². The number of hydrogen-bond acceptors (Lipinski definition) is 10. The van der Waals surface area contributed by atoms with Crippen LogP contribution in [0.1, 0.15) is 84.4 Å². The number of thioether (sulfide) groups is 1. The maximum atomic E-state index is 14.0. The number of rotatable bonds is 12. The molecule has 1 aromatic heterocycles. The van der Waals surface area contributed by atoms with Crippen LogP contribution in [0.2, 0.25) is 0 Å². The van der Waals surface area contributed by atoms with Gasteiger partial charge in [0.2, 0.25) is 6.41 Å². The molecular formula is C29H55N9O3S. The number of hydrazone groups is 1. The van der Waals surface area contributed by atoms with E-state index in [0.29, 0.717) is 55.6 Å². The van der Waals surface area contributed by atoms with Crippen molar-refractivity contribution in [2.45, 2.75) is 85.3 Å². The molecule has 12 nitrogen and oxygen atoms in total. The lowest BCUT2D eigenvalue weighted by molar-refractivity contribution is -0.120. The number of ether oxygens (including phenoxy) is 1. The first kappa shape index (κ1) is 37.4. The molecule has 13 heteroatoms. The fourth-order valence-electron chi connectivity index (χ4n) is 4.20. The van der Waals surface area contributed by atoms with E-state index in [0.717, 1.165) is 18.6 Å². The second-order valence-corrected chi connectivity index (χ2v) is 13.9. The number of likely N-dealkylation sites (tertiary alicyclic amines) is 1. The number of nitrogens with zero attached hydrogens (tertiary/aromatic N) is 5. The molecule has 2 atom stereocenters. The zero-order valence-corrected chi connectivity index (χ0v) is 28.2. The number of amidine groups is 1. The Morgan fingerprint density at radius 2 is 1.93 bits per heavy atom. The molecule has 0 bridgehead atoms. The molecule has 2 heterocycles. The lowest BCUT2D eigenvalue weighted by Crippen LogP contribution is -2.55. The fraction of sp³-hybridized carbons (Fsp3) is 0.759. The molecule has 0 saturated carbocycles. The van der Waals surface area contributed by atoms with Crippen molar-refractivity contribution in [1.29, 1.82) is 0 Å². The lowest BCUT2D eigenvalue weighted by atomic mass is 9.91. The Morgan fingerprint density at radius 3 is 2.43 bits per heavy atom. The molecule has 1 aliphatic heterocycles. The number of carbonyl (C=O) groups is 2. The molecule has 240 valence electrons. The fourth-order valence-corrected chi connectivity index (χ4v) is 4.63. The number of aromatic nitrogens is 2. The smallest absolute Gasteiger partial charge is 0.259 e. The van der Waals surface area contributed by atoms with E-state index in [4.69, 9.17) is 21.3 Å². The van der Waals surface area contributed by atoms with Gasteiger partial charge in [0.25, 0.3) is 5.91 Å². The molecule has 0 spiro atoms. The van der Waals surface area contributed by atoms with E-state index < -0.39 is 0 Å². The SMILES string of the molecule is COC(C)(C)C.CSCCCNc1nc(C(C)(C)C)ncc1C(=O)N(CC(C)C)C1CC(/C(N)=N/NN)CN(C=O)C1. The van der Waals surface area contributed by atoms with Gasteiger partial charge in [0, 0.05) is 50.8 Å². The predicted molar refractivity (Wildman–Crippen MR) is 173 cm³/mol. The number of anilines is 1. The summed E-state index contributed by atoms with van der Waals surface area (Å²) in [4.78, 5) is 38.6. The second kappa shape index (κ2) is 17.5. The quantitative estimate of drug-likeness (QED) is 0.0691. The van der Waals surface area contributed by atoms with Crippen LogP contribution in [0, 0.1) is 11.8 Å². The molecule has 2 unspecified atom stereocenters. The zero-order chi connectivity index (χ0) is 32.1. The second-order valence-electron chi connectivity index (χ2n) is 13.0. The van der Waals surface area contributed by atoms with Crippen molar-refractivity contribution in [2.24, 2.45) is 28.5 Å². The Labute approximate surface area is 257 Å². The van der Waals surface area contributed by atoms with E-state index in [1.54, 1.807) is 30.0 Å². The van der Waals surface area contributed by atoms with E-state index in [1.807, 2.05) is 46.4 Å². The van der Waals surface area contributed by atoms with Crippen LogP contribution in [0.4, 0.5) is 5.82 Å². The van der Waals surface area contributed by atoms with Crippen molar-refractivity contribution in [3.8, 4) is 0 Å². The molecule has 2 amide bonds. The lowest BCUT2D eigenvalue weighted by Gasteiger charge is -2.42. The Balaban J connectivity index is 0.00000132. The molecule has 6 N–H and O–H groups in total. The van der Waals surface area contributed by atoms with E-state index in [9.17, 15) is 9.59 Å². The summed E-state index contributed by atoms with van der Waals surface area (Å²) in [5.41, 5.74) is 8.55. The first-order chi connectivity index (χ1) is 19.6. The Hall–Kier alpha value is -2.64. The van der Waals surface area contributed by atoms with E-state index in [1.165, 1.54) is 0 Å². The summed E-state index contributed by atoms with van der Waals surface area (Å²) in [5.74, 6) is 7.67. The van der Waals surface area contributed by atoms with E-state index in [-0.39, 0.29) is 34.8 Å². The standard InChI is InChI=1S/C24H43N9O2S.C5H12O/c1-16(2)12-33(18-10-17(20(25)30-31-26)13-32(14-18)15-34)22(35)19-11-28-23(24(3,4)5)29-21(19)27-8-7-9-36-6;1-5(2,3)6-4/h11,15-18,31H,7-10,12-14,26H2,1-6H3,(H2,25,30)(H,27,28,29);1-4H3. The molecule has 1 aliphatic rings. The summed E-state index contributed by atoms with van der Waals surface area (Å²) in [5, 5.41) is 7.29. The van der Waals surface area contributed by atoms with Crippen LogP contribution in [0.15, 0.2) is 11.3 Å². The van der Waals surface area contributed by atoms with Crippen molar-refractivity contribution in [1.82, 2.24) is 25.3 Å². The number of nitrogens with one attached hydrogen (secondary N) is 2.